The highest BCUT2D eigenvalue weighted by Crippen LogP contribution is 2.24. The average molecular weight is 174 g/mol. The van der Waals surface area contributed by atoms with Gasteiger partial charge < -0.3 is 4.74 Å². The van der Waals surface area contributed by atoms with Crippen LogP contribution in [-0.2, 0) is 4.74 Å². The fourth-order valence-corrected chi connectivity index (χ4v) is 4.80. The third-order valence-electron chi connectivity index (χ3n) is 3.09. The molecule has 0 unspecified atom stereocenters. The zero-order chi connectivity index (χ0) is 8.74. The maximum atomic E-state index is 5.14. The molecule has 0 aliphatic heterocycles. The Kier molecular flexibility index (Phi) is 5.87. The Morgan fingerprint density at radius 2 is 1.45 bits per heavy atom. The Morgan fingerprint density at radius 1 is 1.00 bits per heavy atom. The van der Waals surface area contributed by atoms with Crippen LogP contribution >= 0.6 is 0 Å². The van der Waals surface area contributed by atoms with Crippen LogP contribution in [0.1, 0.15) is 20.8 Å². The van der Waals surface area contributed by atoms with E-state index in [1.54, 1.807) is 7.11 Å². The van der Waals surface area contributed by atoms with Gasteiger partial charge in [0.25, 0.3) is 0 Å². The number of methoxy groups -OCH3 is 1. The van der Waals surface area contributed by atoms with Gasteiger partial charge in [-0.15, -0.1) is 0 Å². The lowest BCUT2D eigenvalue weighted by Gasteiger charge is -2.27. The summed E-state index contributed by atoms with van der Waals surface area (Å²) in [6.45, 7) is 8.00. The fraction of sp³-hybridized carbons (Fsp3) is 1.00. The standard InChI is InChI=1S/C9H22OSi/c1-5-11(6-2,7-3)9-8-10-4/h5-9H2,1-4H3. The minimum Gasteiger partial charge on any atom is -0.385 e. The summed E-state index contributed by atoms with van der Waals surface area (Å²) >= 11 is 0. The van der Waals surface area contributed by atoms with E-state index in [9.17, 15) is 0 Å². The summed E-state index contributed by atoms with van der Waals surface area (Å²) in [7, 11) is 0.942. The van der Waals surface area contributed by atoms with Crippen LogP contribution in [-0.4, -0.2) is 21.8 Å². The molecule has 68 valence electrons. The molecule has 0 heterocycles. The maximum Gasteiger partial charge on any atom is 0.0550 e. The first kappa shape index (κ1) is 11.2. The lowest BCUT2D eigenvalue weighted by molar-refractivity contribution is 0.214. The zero-order valence-corrected chi connectivity index (χ0v) is 9.44. The number of ether oxygens (including phenoxy) is 1. The van der Waals surface area contributed by atoms with Crippen molar-refractivity contribution in [3.63, 3.8) is 0 Å². The Hall–Kier alpha value is 0.177. The van der Waals surface area contributed by atoms with Gasteiger partial charge in [0, 0.05) is 13.7 Å². The van der Waals surface area contributed by atoms with Crippen LogP contribution in [0.4, 0.5) is 0 Å². The second-order valence-corrected chi connectivity index (χ2v) is 8.92. The van der Waals surface area contributed by atoms with Gasteiger partial charge in [0.2, 0.25) is 0 Å². The SMILES string of the molecule is CC[Si](CC)(CC)CCOC. The first-order valence-electron chi connectivity index (χ1n) is 4.73. The molecule has 0 amide bonds. The first-order valence-corrected chi connectivity index (χ1v) is 7.56. The molecule has 0 aliphatic carbocycles. The quantitative estimate of drug-likeness (QED) is 0.562. The van der Waals surface area contributed by atoms with Crippen molar-refractivity contribution in [2.24, 2.45) is 0 Å². The predicted molar refractivity (Wildman–Crippen MR) is 53.9 cm³/mol. The summed E-state index contributed by atoms with van der Waals surface area (Å²) in [5.41, 5.74) is 0. The fourth-order valence-electron chi connectivity index (χ4n) is 1.60. The summed E-state index contributed by atoms with van der Waals surface area (Å²) < 4.78 is 5.14. The Bertz CT molecular complexity index is 81.3. The van der Waals surface area contributed by atoms with Crippen LogP contribution in [0, 0.1) is 0 Å². The smallest absolute Gasteiger partial charge is 0.0550 e. The van der Waals surface area contributed by atoms with Gasteiger partial charge >= 0.3 is 0 Å². The van der Waals surface area contributed by atoms with Crippen molar-refractivity contribution in [3.05, 3.63) is 0 Å². The highest BCUT2D eigenvalue weighted by molar-refractivity contribution is 6.79. The van der Waals surface area contributed by atoms with E-state index in [1.165, 1.54) is 24.2 Å². The molecular formula is C9H22OSi. The lowest BCUT2D eigenvalue weighted by Crippen LogP contribution is -2.32. The molecule has 2 heteroatoms. The molecule has 0 aromatic rings. The van der Waals surface area contributed by atoms with E-state index in [1.807, 2.05) is 0 Å². The van der Waals surface area contributed by atoms with E-state index in [0.717, 1.165) is 6.61 Å². The molecule has 11 heavy (non-hydrogen) atoms. The molecule has 0 bridgehead atoms. The average Bonchev–Trinajstić information content (AvgIpc) is 2.08. The van der Waals surface area contributed by atoms with E-state index < -0.39 is 8.07 Å². The van der Waals surface area contributed by atoms with Gasteiger partial charge in [-0.2, -0.15) is 0 Å². The van der Waals surface area contributed by atoms with Crippen LogP contribution in [0.25, 0.3) is 0 Å². The molecule has 0 N–H and O–H groups in total. The molecule has 0 spiro atoms. The van der Waals surface area contributed by atoms with Crippen molar-refractivity contribution >= 4 is 8.07 Å². The van der Waals surface area contributed by atoms with Crippen molar-refractivity contribution < 1.29 is 4.74 Å². The molecule has 0 aliphatic rings. The van der Waals surface area contributed by atoms with Crippen LogP contribution in [0.15, 0.2) is 0 Å². The maximum absolute atomic E-state index is 5.14. The Labute approximate surface area is 72.2 Å². The zero-order valence-electron chi connectivity index (χ0n) is 8.44. The van der Waals surface area contributed by atoms with Crippen molar-refractivity contribution in [2.75, 3.05) is 13.7 Å². The predicted octanol–water partition coefficient (Wildman–Crippen LogP) is 3.14. The minimum atomic E-state index is -0.863. The first-order chi connectivity index (χ1) is 5.24. The molecule has 0 aromatic heterocycles. The highest BCUT2D eigenvalue weighted by atomic mass is 28.3. The molecule has 0 atom stereocenters. The van der Waals surface area contributed by atoms with Gasteiger partial charge in [0.05, 0.1) is 8.07 Å². The van der Waals surface area contributed by atoms with Gasteiger partial charge in [0.15, 0.2) is 0 Å². The normalized spacial score (nSPS) is 12.0. The number of hydrogen-bond acceptors (Lipinski definition) is 1. The van der Waals surface area contributed by atoms with Gasteiger partial charge in [0.1, 0.15) is 0 Å². The summed E-state index contributed by atoms with van der Waals surface area (Å²) in [4.78, 5) is 0. The van der Waals surface area contributed by atoms with Crippen molar-refractivity contribution in [3.8, 4) is 0 Å². The summed E-state index contributed by atoms with van der Waals surface area (Å²) in [5.74, 6) is 0. The van der Waals surface area contributed by atoms with E-state index in [-0.39, 0.29) is 0 Å². The number of rotatable bonds is 6. The van der Waals surface area contributed by atoms with Crippen molar-refractivity contribution in [1.29, 1.82) is 0 Å². The number of hydrogen-bond donors (Lipinski definition) is 0. The van der Waals surface area contributed by atoms with Crippen LogP contribution in [0.2, 0.25) is 24.2 Å². The molecule has 1 nitrogen and oxygen atoms in total. The molecule has 0 fully saturated rings. The Morgan fingerprint density at radius 3 is 1.73 bits per heavy atom. The summed E-state index contributed by atoms with van der Waals surface area (Å²) in [6, 6.07) is 5.61. The molecular weight excluding hydrogens is 152 g/mol. The topological polar surface area (TPSA) is 9.23 Å². The van der Waals surface area contributed by atoms with Crippen LogP contribution in [0.3, 0.4) is 0 Å². The third-order valence-corrected chi connectivity index (χ3v) is 8.85. The van der Waals surface area contributed by atoms with E-state index in [2.05, 4.69) is 20.8 Å². The molecule has 0 aromatic carbocycles. The van der Waals surface area contributed by atoms with Gasteiger partial charge in [-0.3, -0.25) is 0 Å². The van der Waals surface area contributed by atoms with E-state index >= 15 is 0 Å². The largest absolute Gasteiger partial charge is 0.385 e. The summed E-state index contributed by atoms with van der Waals surface area (Å²) in [6.07, 6.45) is 0. The van der Waals surface area contributed by atoms with Crippen LogP contribution < -0.4 is 0 Å². The van der Waals surface area contributed by atoms with E-state index in [4.69, 9.17) is 4.74 Å². The molecule has 0 rings (SSSR count). The van der Waals surface area contributed by atoms with E-state index in [0.29, 0.717) is 0 Å². The van der Waals surface area contributed by atoms with Crippen LogP contribution in [0.5, 0.6) is 0 Å². The minimum absolute atomic E-state index is 0.863. The second-order valence-electron chi connectivity index (χ2n) is 3.30. The molecule has 0 radical (unpaired) electrons. The lowest BCUT2D eigenvalue weighted by atomic mass is 10.8. The van der Waals surface area contributed by atoms with Crippen molar-refractivity contribution in [2.45, 2.75) is 44.9 Å². The second kappa shape index (κ2) is 5.78. The Balaban J connectivity index is 3.84. The highest BCUT2D eigenvalue weighted by Gasteiger charge is 2.25. The van der Waals surface area contributed by atoms with Crippen molar-refractivity contribution in [1.82, 2.24) is 0 Å². The molecule has 0 saturated carbocycles. The van der Waals surface area contributed by atoms with Gasteiger partial charge in [-0.1, -0.05) is 38.9 Å². The summed E-state index contributed by atoms with van der Waals surface area (Å²) in [5, 5.41) is 0. The molecule has 0 saturated heterocycles. The van der Waals surface area contributed by atoms with Gasteiger partial charge in [-0.25, -0.2) is 0 Å². The monoisotopic (exact) mass is 174 g/mol. The van der Waals surface area contributed by atoms with Gasteiger partial charge in [-0.05, 0) is 6.04 Å². The third kappa shape index (κ3) is 3.39.